The number of hydrogen-bond donors (Lipinski definition) is 2. The number of carbonyl (C=O) groups excluding carboxylic acids is 2. The minimum Gasteiger partial charge on any atom is -0.496 e. The third kappa shape index (κ3) is 5.22. The van der Waals surface area contributed by atoms with Gasteiger partial charge in [0.05, 0.1) is 23.9 Å². The molecule has 3 rings (SSSR count). The van der Waals surface area contributed by atoms with Crippen LogP contribution in [0.15, 0.2) is 48.7 Å². The fraction of sp³-hybridized carbons (Fsp3) is 0.0952. The predicted octanol–water partition coefficient (Wildman–Crippen LogP) is 5.03. The molecule has 33 heavy (non-hydrogen) atoms. The average Bonchev–Trinajstić information content (AvgIpc) is 2.73. The number of alkyl halides is 3. The lowest BCUT2D eigenvalue weighted by atomic mass is 10.1. The second kappa shape index (κ2) is 9.18. The Labute approximate surface area is 182 Å². The van der Waals surface area contributed by atoms with Gasteiger partial charge in [-0.3, -0.25) is 9.59 Å². The SMILES string of the molecule is COc1ccnc(F)c1C(=O)Nc1cc(F)ccc1C(=O)Nc1ccc(F)c(C(F)(F)F)c1. The van der Waals surface area contributed by atoms with E-state index in [4.69, 9.17) is 4.74 Å². The number of hydrogen-bond acceptors (Lipinski definition) is 4. The first-order valence-corrected chi connectivity index (χ1v) is 8.98. The largest absolute Gasteiger partial charge is 0.496 e. The van der Waals surface area contributed by atoms with Gasteiger partial charge in [-0.1, -0.05) is 0 Å². The summed E-state index contributed by atoms with van der Waals surface area (Å²) in [7, 11) is 1.17. The maximum absolute atomic E-state index is 14.1. The van der Waals surface area contributed by atoms with Gasteiger partial charge in [-0.05, 0) is 42.5 Å². The predicted molar refractivity (Wildman–Crippen MR) is 104 cm³/mol. The number of anilines is 2. The Morgan fingerprint density at radius 1 is 0.939 bits per heavy atom. The number of carbonyl (C=O) groups is 2. The summed E-state index contributed by atoms with van der Waals surface area (Å²) >= 11 is 0. The number of nitrogens with one attached hydrogen (secondary N) is 2. The third-order valence-electron chi connectivity index (χ3n) is 4.32. The van der Waals surface area contributed by atoms with E-state index in [1.807, 2.05) is 0 Å². The van der Waals surface area contributed by atoms with Gasteiger partial charge in [-0.25, -0.2) is 13.8 Å². The van der Waals surface area contributed by atoms with Crippen LogP contribution >= 0.6 is 0 Å². The number of pyridine rings is 1. The highest BCUT2D eigenvalue weighted by molar-refractivity contribution is 6.13. The van der Waals surface area contributed by atoms with Gasteiger partial charge in [0.15, 0.2) is 0 Å². The molecule has 172 valence electrons. The molecule has 0 bridgehead atoms. The van der Waals surface area contributed by atoms with Crippen molar-refractivity contribution in [2.45, 2.75) is 6.18 Å². The molecule has 0 saturated carbocycles. The van der Waals surface area contributed by atoms with E-state index < -0.39 is 58.1 Å². The Balaban J connectivity index is 1.92. The molecule has 0 aliphatic rings. The molecule has 3 aromatic rings. The first-order chi connectivity index (χ1) is 15.5. The van der Waals surface area contributed by atoms with Crippen LogP contribution in [0.5, 0.6) is 5.75 Å². The molecule has 0 spiro atoms. The maximum atomic E-state index is 14.1. The molecule has 2 amide bonds. The summed E-state index contributed by atoms with van der Waals surface area (Å²) < 4.78 is 84.9. The lowest BCUT2D eigenvalue weighted by Crippen LogP contribution is -2.20. The normalized spacial score (nSPS) is 11.1. The van der Waals surface area contributed by atoms with Crippen LogP contribution in [0.25, 0.3) is 0 Å². The second-order valence-corrected chi connectivity index (χ2v) is 6.47. The van der Waals surface area contributed by atoms with E-state index in [9.17, 15) is 35.9 Å². The first kappa shape index (κ1) is 23.6. The van der Waals surface area contributed by atoms with Crippen LogP contribution in [0.2, 0.25) is 0 Å². The lowest BCUT2D eigenvalue weighted by Gasteiger charge is -2.14. The van der Waals surface area contributed by atoms with Crippen molar-refractivity contribution in [3.05, 3.63) is 82.9 Å². The van der Waals surface area contributed by atoms with Gasteiger partial charge in [-0.15, -0.1) is 0 Å². The fourth-order valence-corrected chi connectivity index (χ4v) is 2.82. The standard InChI is InChI=1S/C21H13F6N3O3/c1-33-16-6-7-28-18(24)17(16)20(32)30-15-8-10(22)2-4-12(15)19(31)29-11-3-5-14(23)13(9-11)21(25,26)27/h2-9H,1H3,(H,29,31)(H,30,32). The Morgan fingerprint density at radius 3 is 2.33 bits per heavy atom. The fourth-order valence-electron chi connectivity index (χ4n) is 2.82. The van der Waals surface area contributed by atoms with Crippen molar-refractivity contribution in [2.75, 3.05) is 17.7 Å². The molecule has 6 nitrogen and oxygen atoms in total. The van der Waals surface area contributed by atoms with Gasteiger partial charge >= 0.3 is 6.18 Å². The highest BCUT2D eigenvalue weighted by Gasteiger charge is 2.34. The van der Waals surface area contributed by atoms with E-state index in [0.29, 0.717) is 12.1 Å². The van der Waals surface area contributed by atoms with Crippen molar-refractivity contribution >= 4 is 23.2 Å². The van der Waals surface area contributed by atoms with Crippen molar-refractivity contribution in [1.82, 2.24) is 4.98 Å². The quantitative estimate of drug-likeness (QED) is 0.406. The molecule has 0 saturated heterocycles. The molecule has 0 radical (unpaired) electrons. The summed E-state index contributed by atoms with van der Waals surface area (Å²) in [6.45, 7) is 0. The summed E-state index contributed by atoms with van der Waals surface area (Å²) in [5, 5.41) is 4.27. The summed E-state index contributed by atoms with van der Waals surface area (Å²) in [6.07, 6.45) is -3.96. The Bertz CT molecular complexity index is 1230. The lowest BCUT2D eigenvalue weighted by molar-refractivity contribution is -0.139. The molecular formula is C21H13F6N3O3. The zero-order chi connectivity index (χ0) is 24.3. The van der Waals surface area contributed by atoms with Crippen LogP contribution < -0.4 is 15.4 Å². The summed E-state index contributed by atoms with van der Waals surface area (Å²) in [5.74, 6) is -5.97. The molecule has 0 aliphatic heterocycles. The molecular weight excluding hydrogens is 456 g/mol. The van der Waals surface area contributed by atoms with Crippen LogP contribution in [-0.2, 0) is 6.18 Å². The molecule has 2 N–H and O–H groups in total. The van der Waals surface area contributed by atoms with Crippen molar-refractivity contribution in [1.29, 1.82) is 0 Å². The molecule has 2 aromatic carbocycles. The monoisotopic (exact) mass is 469 g/mol. The first-order valence-electron chi connectivity index (χ1n) is 8.98. The Hall–Kier alpha value is -4.09. The van der Waals surface area contributed by atoms with Crippen LogP contribution in [-0.4, -0.2) is 23.9 Å². The second-order valence-electron chi connectivity index (χ2n) is 6.47. The summed E-state index contributed by atoms with van der Waals surface area (Å²) in [5.41, 5.74) is -3.42. The number of benzene rings is 2. The van der Waals surface area contributed by atoms with Gasteiger partial charge in [0.2, 0.25) is 5.95 Å². The number of amides is 2. The Kier molecular flexibility index (Phi) is 6.56. The summed E-state index contributed by atoms with van der Waals surface area (Å²) in [4.78, 5) is 28.5. The number of nitrogens with zero attached hydrogens (tertiary/aromatic N) is 1. The number of ether oxygens (including phenoxy) is 1. The number of methoxy groups -OCH3 is 1. The highest BCUT2D eigenvalue weighted by atomic mass is 19.4. The molecule has 0 fully saturated rings. The minimum atomic E-state index is -5.01. The highest BCUT2D eigenvalue weighted by Crippen LogP contribution is 2.33. The molecule has 12 heteroatoms. The van der Waals surface area contributed by atoms with Crippen molar-refractivity contribution in [3.63, 3.8) is 0 Å². The smallest absolute Gasteiger partial charge is 0.419 e. The molecule has 0 atom stereocenters. The Morgan fingerprint density at radius 2 is 1.67 bits per heavy atom. The van der Waals surface area contributed by atoms with E-state index in [-0.39, 0.29) is 11.3 Å². The van der Waals surface area contributed by atoms with Gasteiger partial charge in [0.1, 0.15) is 22.9 Å². The molecule has 1 heterocycles. The van der Waals surface area contributed by atoms with Gasteiger partial charge < -0.3 is 15.4 Å². The van der Waals surface area contributed by atoms with E-state index in [1.54, 1.807) is 0 Å². The summed E-state index contributed by atoms with van der Waals surface area (Å²) in [6, 6.07) is 5.55. The number of rotatable bonds is 5. The number of halogens is 6. The van der Waals surface area contributed by atoms with E-state index in [2.05, 4.69) is 15.6 Å². The van der Waals surface area contributed by atoms with Crippen molar-refractivity contribution in [2.24, 2.45) is 0 Å². The molecule has 0 aliphatic carbocycles. The molecule has 1 aromatic heterocycles. The van der Waals surface area contributed by atoms with Gasteiger partial charge in [0, 0.05) is 11.9 Å². The molecule has 0 unspecified atom stereocenters. The maximum Gasteiger partial charge on any atom is 0.419 e. The van der Waals surface area contributed by atoms with E-state index >= 15 is 0 Å². The van der Waals surface area contributed by atoms with Crippen LogP contribution in [0.3, 0.4) is 0 Å². The van der Waals surface area contributed by atoms with E-state index in [1.165, 1.54) is 13.2 Å². The van der Waals surface area contributed by atoms with Crippen LogP contribution in [0.4, 0.5) is 37.7 Å². The van der Waals surface area contributed by atoms with Gasteiger partial charge in [0.25, 0.3) is 11.8 Å². The van der Waals surface area contributed by atoms with Crippen LogP contribution in [0.1, 0.15) is 26.3 Å². The minimum absolute atomic E-state index is 0.187. The topological polar surface area (TPSA) is 80.3 Å². The zero-order valence-electron chi connectivity index (χ0n) is 16.6. The van der Waals surface area contributed by atoms with Crippen molar-refractivity contribution in [3.8, 4) is 5.75 Å². The average molecular weight is 469 g/mol. The third-order valence-corrected chi connectivity index (χ3v) is 4.32. The zero-order valence-corrected chi connectivity index (χ0v) is 16.6. The van der Waals surface area contributed by atoms with Crippen molar-refractivity contribution < 1.29 is 40.7 Å². The number of aromatic nitrogens is 1. The van der Waals surface area contributed by atoms with Gasteiger partial charge in [-0.2, -0.15) is 17.6 Å². The van der Waals surface area contributed by atoms with Crippen LogP contribution in [0, 0.1) is 17.6 Å². The van der Waals surface area contributed by atoms with E-state index in [0.717, 1.165) is 30.5 Å².